The highest BCUT2D eigenvalue weighted by molar-refractivity contribution is 5.13. The summed E-state index contributed by atoms with van der Waals surface area (Å²) in [6, 6.07) is 10.4. The molecule has 2 N–H and O–H groups in total. The minimum Gasteiger partial charge on any atom is -1.00 e. The van der Waals surface area contributed by atoms with Crippen LogP contribution < -0.4 is 12.4 Å². The van der Waals surface area contributed by atoms with Crippen LogP contribution in [-0.2, 0) is 6.54 Å². The van der Waals surface area contributed by atoms with Crippen LogP contribution in [-0.4, -0.2) is 41.0 Å². The lowest BCUT2D eigenvalue weighted by Gasteiger charge is -2.34. The van der Waals surface area contributed by atoms with Crippen molar-refractivity contribution in [2.75, 3.05) is 26.3 Å². The Labute approximate surface area is 185 Å². The minimum atomic E-state index is 0. The summed E-state index contributed by atoms with van der Waals surface area (Å²) in [5.74, 6) is 0. The van der Waals surface area contributed by atoms with E-state index in [-0.39, 0.29) is 25.6 Å². The van der Waals surface area contributed by atoms with E-state index in [1.165, 1.54) is 69.8 Å². The van der Waals surface area contributed by atoms with Crippen LogP contribution in [0.5, 0.6) is 0 Å². The van der Waals surface area contributed by atoms with Crippen molar-refractivity contribution in [1.29, 1.82) is 0 Å². The van der Waals surface area contributed by atoms with Crippen LogP contribution >= 0.6 is 0 Å². The van der Waals surface area contributed by atoms with Gasteiger partial charge in [0.15, 0.2) is 0 Å². The molecule has 0 aromatic heterocycles. The number of aliphatic hydroxyl groups is 2. The maximum atomic E-state index is 9.57. The summed E-state index contributed by atoms with van der Waals surface area (Å²) in [4.78, 5) is 0. The van der Waals surface area contributed by atoms with Gasteiger partial charge in [0.1, 0.15) is 19.6 Å². The Bertz CT molecular complexity index is 487. The number of hydrogen-bond donors (Lipinski definition) is 2. The van der Waals surface area contributed by atoms with E-state index in [0.29, 0.717) is 17.6 Å². The molecule has 0 aliphatic rings. The van der Waals surface area contributed by atoms with Gasteiger partial charge in [-0.1, -0.05) is 95.0 Å². The van der Waals surface area contributed by atoms with Gasteiger partial charge in [0.2, 0.25) is 0 Å². The molecule has 1 aromatic rings. The lowest BCUT2D eigenvalue weighted by Crippen LogP contribution is -3.00. The molecular weight excluding hydrogens is 382 g/mol. The molecule has 0 saturated carbocycles. The number of allylic oxidation sites excluding steroid dienone is 1. The Morgan fingerprint density at radius 3 is 1.79 bits per heavy atom. The normalized spacial score (nSPS) is 11.7. The van der Waals surface area contributed by atoms with E-state index in [1.807, 2.05) is 6.07 Å². The number of benzene rings is 1. The standard InChI is InChI=1S/C25H44NO2.ClH/c1-2-3-4-5-6-7-8-9-10-11-12-16-19-26(20-22-27,21-23-28)24-25-17-14-13-15-18-25;/h13-19,27-28H,2-12,20-24H2,1H3;1H/q+1;/p-1/b19-16+;. The number of nitrogens with zero attached hydrogens (tertiary/aromatic N) is 1. The summed E-state index contributed by atoms with van der Waals surface area (Å²) in [6.07, 6.45) is 19.2. The van der Waals surface area contributed by atoms with Gasteiger partial charge < -0.3 is 22.6 Å². The molecule has 0 fully saturated rings. The van der Waals surface area contributed by atoms with E-state index in [0.717, 1.165) is 13.0 Å². The molecule has 0 aliphatic carbocycles. The third kappa shape index (κ3) is 13.9. The van der Waals surface area contributed by atoms with Gasteiger partial charge in [0.25, 0.3) is 0 Å². The van der Waals surface area contributed by atoms with E-state index < -0.39 is 0 Å². The molecule has 4 heteroatoms. The molecule has 29 heavy (non-hydrogen) atoms. The predicted octanol–water partition coefficient (Wildman–Crippen LogP) is 2.82. The van der Waals surface area contributed by atoms with Crippen LogP contribution in [0.1, 0.15) is 83.1 Å². The fourth-order valence-corrected chi connectivity index (χ4v) is 3.86. The highest BCUT2D eigenvalue weighted by atomic mass is 35.5. The molecule has 0 unspecified atom stereocenters. The van der Waals surface area contributed by atoms with Gasteiger partial charge in [-0.05, 0) is 18.9 Å². The van der Waals surface area contributed by atoms with Crippen LogP contribution in [0.2, 0.25) is 0 Å². The second kappa shape index (κ2) is 19.1. The van der Waals surface area contributed by atoms with Gasteiger partial charge in [0.05, 0.1) is 19.4 Å². The third-order valence-corrected chi connectivity index (χ3v) is 5.58. The van der Waals surface area contributed by atoms with E-state index in [2.05, 4.69) is 43.5 Å². The highest BCUT2D eigenvalue weighted by Gasteiger charge is 2.24. The first-order valence-corrected chi connectivity index (χ1v) is 11.6. The zero-order valence-electron chi connectivity index (χ0n) is 18.6. The molecule has 0 atom stereocenters. The molecule has 0 spiro atoms. The smallest absolute Gasteiger partial charge is 0.109 e. The molecule has 1 rings (SSSR count). The SMILES string of the molecule is CCCCCCCCCCCC/C=C/[N+](CCO)(CCO)Cc1ccccc1.[Cl-]. The monoisotopic (exact) mass is 425 g/mol. The van der Waals surface area contributed by atoms with Crippen molar-refractivity contribution in [3.05, 3.63) is 48.2 Å². The van der Waals surface area contributed by atoms with Crippen molar-refractivity contribution in [2.45, 2.75) is 84.1 Å². The third-order valence-electron chi connectivity index (χ3n) is 5.58. The summed E-state index contributed by atoms with van der Waals surface area (Å²) in [7, 11) is 0. The second-order valence-corrected chi connectivity index (χ2v) is 8.11. The number of aliphatic hydroxyl groups excluding tert-OH is 2. The molecule has 0 amide bonds. The predicted molar refractivity (Wildman–Crippen MR) is 120 cm³/mol. The van der Waals surface area contributed by atoms with Gasteiger partial charge in [-0.25, -0.2) is 0 Å². The fourth-order valence-electron chi connectivity index (χ4n) is 3.86. The summed E-state index contributed by atoms with van der Waals surface area (Å²) in [5, 5.41) is 19.1. The Morgan fingerprint density at radius 2 is 1.28 bits per heavy atom. The Kier molecular flexibility index (Phi) is 18.5. The first-order chi connectivity index (χ1) is 13.8. The van der Waals surface area contributed by atoms with Crippen molar-refractivity contribution >= 4 is 0 Å². The fraction of sp³-hybridized carbons (Fsp3) is 0.680. The van der Waals surface area contributed by atoms with Crippen LogP contribution in [0.25, 0.3) is 0 Å². The zero-order valence-corrected chi connectivity index (χ0v) is 19.3. The van der Waals surface area contributed by atoms with Crippen LogP contribution in [0.4, 0.5) is 0 Å². The molecule has 1 aromatic carbocycles. The zero-order chi connectivity index (χ0) is 20.3. The maximum absolute atomic E-state index is 9.57. The van der Waals surface area contributed by atoms with Crippen molar-refractivity contribution in [1.82, 2.24) is 0 Å². The average molecular weight is 426 g/mol. The van der Waals surface area contributed by atoms with Gasteiger partial charge >= 0.3 is 0 Å². The first-order valence-electron chi connectivity index (χ1n) is 11.6. The van der Waals surface area contributed by atoms with E-state index in [1.54, 1.807) is 0 Å². The van der Waals surface area contributed by atoms with Gasteiger partial charge in [-0.15, -0.1) is 0 Å². The molecular formula is C25H44ClNO2. The van der Waals surface area contributed by atoms with Crippen LogP contribution in [0.15, 0.2) is 42.6 Å². The quantitative estimate of drug-likeness (QED) is 0.280. The minimum absolute atomic E-state index is 0. The Balaban J connectivity index is 0.00000784. The van der Waals surface area contributed by atoms with Crippen LogP contribution in [0, 0.1) is 0 Å². The summed E-state index contributed by atoms with van der Waals surface area (Å²) >= 11 is 0. The number of rotatable bonds is 18. The number of quaternary nitrogens is 1. The number of hydrogen-bond acceptors (Lipinski definition) is 2. The number of unbranched alkanes of at least 4 members (excludes halogenated alkanes) is 10. The van der Waals surface area contributed by atoms with Crippen molar-refractivity contribution in [3.63, 3.8) is 0 Å². The van der Waals surface area contributed by atoms with Gasteiger partial charge in [0, 0.05) is 5.56 Å². The average Bonchev–Trinajstić information content (AvgIpc) is 2.70. The van der Waals surface area contributed by atoms with Gasteiger partial charge in [-0.3, -0.25) is 4.48 Å². The highest BCUT2D eigenvalue weighted by Crippen LogP contribution is 2.17. The summed E-state index contributed by atoms with van der Waals surface area (Å²) in [6.45, 7) is 4.64. The molecule has 3 nitrogen and oxygen atoms in total. The first kappa shape index (κ1) is 28.1. The largest absolute Gasteiger partial charge is 1.00 e. The lowest BCUT2D eigenvalue weighted by atomic mass is 10.1. The molecule has 168 valence electrons. The topological polar surface area (TPSA) is 40.5 Å². The van der Waals surface area contributed by atoms with E-state index in [9.17, 15) is 10.2 Å². The molecule has 0 aliphatic heterocycles. The van der Waals surface area contributed by atoms with Gasteiger partial charge in [-0.2, -0.15) is 0 Å². The van der Waals surface area contributed by atoms with Crippen LogP contribution in [0.3, 0.4) is 0 Å². The molecule has 0 heterocycles. The number of halogens is 1. The second-order valence-electron chi connectivity index (χ2n) is 8.11. The lowest BCUT2D eigenvalue weighted by molar-refractivity contribution is -0.893. The molecule has 0 radical (unpaired) electrons. The Morgan fingerprint density at radius 1 is 0.759 bits per heavy atom. The van der Waals surface area contributed by atoms with E-state index >= 15 is 0 Å². The molecule has 0 bridgehead atoms. The van der Waals surface area contributed by atoms with Crippen molar-refractivity contribution in [3.8, 4) is 0 Å². The molecule has 0 saturated heterocycles. The Hall–Kier alpha value is -0.870. The maximum Gasteiger partial charge on any atom is 0.109 e. The van der Waals surface area contributed by atoms with E-state index in [4.69, 9.17) is 0 Å². The van der Waals surface area contributed by atoms with Crippen molar-refractivity contribution < 1.29 is 27.1 Å². The summed E-state index contributed by atoms with van der Waals surface area (Å²) < 4.78 is 0.620. The summed E-state index contributed by atoms with van der Waals surface area (Å²) in [5.41, 5.74) is 1.24. The van der Waals surface area contributed by atoms with Crippen molar-refractivity contribution in [2.24, 2.45) is 0 Å².